The molecule has 0 bridgehead atoms. The topological polar surface area (TPSA) is 99.3 Å². The summed E-state index contributed by atoms with van der Waals surface area (Å²) in [5, 5.41) is 3.78. The van der Waals surface area contributed by atoms with Crippen LogP contribution in [0.3, 0.4) is 0 Å². The Kier molecular flexibility index (Phi) is 5.47. The summed E-state index contributed by atoms with van der Waals surface area (Å²) in [6, 6.07) is 0. The van der Waals surface area contributed by atoms with Crippen molar-refractivity contribution in [2.24, 2.45) is 10.8 Å². The number of hydrogen-bond acceptors (Lipinski definition) is 4. The van der Waals surface area contributed by atoms with E-state index >= 15 is 0 Å². The highest BCUT2D eigenvalue weighted by atomic mass is 16.1. The summed E-state index contributed by atoms with van der Waals surface area (Å²) in [7, 11) is 0. The van der Waals surface area contributed by atoms with Crippen molar-refractivity contribution in [1.29, 1.82) is 0 Å². The number of nitrogens with zero attached hydrogens (tertiary/aromatic N) is 3. The molecular weight excluding hydrogens is 194 g/mol. The van der Waals surface area contributed by atoms with E-state index in [0.717, 1.165) is 5.69 Å². The first-order valence-electron chi connectivity index (χ1n) is 4.22. The fraction of sp³-hybridized carbons (Fsp3) is 0.222. The summed E-state index contributed by atoms with van der Waals surface area (Å²) in [6.45, 7) is 7.19. The van der Waals surface area contributed by atoms with E-state index < -0.39 is 0 Å². The Hall–Kier alpha value is -2.11. The minimum atomic E-state index is 0.250. The van der Waals surface area contributed by atoms with E-state index in [1.807, 2.05) is 26.0 Å². The summed E-state index contributed by atoms with van der Waals surface area (Å²) in [4.78, 5) is 12.7. The minimum Gasteiger partial charge on any atom is -0.382 e. The third-order valence-corrected chi connectivity index (χ3v) is 1.60. The number of carbonyl (C=O) groups is 1. The smallest absolute Gasteiger partial charge is 0.204 e. The van der Waals surface area contributed by atoms with Gasteiger partial charge in [-0.1, -0.05) is 6.08 Å². The van der Waals surface area contributed by atoms with Gasteiger partial charge in [-0.05, 0) is 19.9 Å². The first-order valence-corrected chi connectivity index (χ1v) is 4.22. The molecule has 0 saturated heterocycles. The van der Waals surface area contributed by atoms with E-state index in [2.05, 4.69) is 22.5 Å². The molecule has 6 nitrogen and oxygen atoms in total. The lowest BCUT2D eigenvalue weighted by Gasteiger charge is -1.96. The lowest BCUT2D eigenvalue weighted by Crippen LogP contribution is -1.94. The number of amides is 1. The first-order chi connectivity index (χ1) is 7.12. The molecular formula is C9H15N5O. The molecule has 0 spiro atoms. The molecule has 4 N–H and O–H groups in total. The van der Waals surface area contributed by atoms with Crippen LogP contribution in [0.25, 0.3) is 6.08 Å². The average Bonchev–Trinajstić information content (AvgIpc) is 2.44. The molecule has 0 aliphatic rings. The Morgan fingerprint density at radius 1 is 1.60 bits per heavy atom. The second-order valence-corrected chi connectivity index (χ2v) is 2.53. The van der Waals surface area contributed by atoms with Gasteiger partial charge in [-0.3, -0.25) is 4.79 Å². The van der Waals surface area contributed by atoms with Gasteiger partial charge in [-0.2, -0.15) is 5.10 Å². The van der Waals surface area contributed by atoms with E-state index in [1.54, 1.807) is 4.68 Å². The molecule has 0 saturated carbocycles. The van der Waals surface area contributed by atoms with Gasteiger partial charge in [0.25, 0.3) is 0 Å². The van der Waals surface area contributed by atoms with Crippen LogP contribution in [0.1, 0.15) is 18.4 Å². The van der Waals surface area contributed by atoms with Crippen molar-refractivity contribution in [3.05, 3.63) is 17.6 Å². The molecule has 0 fully saturated rings. The molecule has 1 aromatic rings. The fourth-order valence-electron chi connectivity index (χ4n) is 0.967. The summed E-state index contributed by atoms with van der Waals surface area (Å²) < 4.78 is 1.61. The van der Waals surface area contributed by atoms with E-state index in [-0.39, 0.29) is 6.41 Å². The van der Waals surface area contributed by atoms with Crippen LogP contribution in [-0.2, 0) is 4.79 Å². The van der Waals surface area contributed by atoms with Gasteiger partial charge in [0.05, 0.1) is 5.69 Å². The Labute approximate surface area is 88.3 Å². The van der Waals surface area contributed by atoms with Crippen molar-refractivity contribution in [3.8, 4) is 0 Å². The molecule has 82 valence electrons. The van der Waals surface area contributed by atoms with Crippen molar-refractivity contribution >= 4 is 25.0 Å². The molecule has 6 heteroatoms. The van der Waals surface area contributed by atoms with Crippen LogP contribution in [0.4, 0.5) is 5.82 Å². The van der Waals surface area contributed by atoms with Crippen LogP contribution in [0.2, 0.25) is 0 Å². The van der Waals surface area contributed by atoms with Gasteiger partial charge in [0, 0.05) is 6.72 Å². The number of primary amides is 1. The predicted octanol–water partition coefficient (Wildman–Crippen LogP) is 0.372. The number of rotatable bonds is 2. The van der Waals surface area contributed by atoms with Crippen LogP contribution in [0.5, 0.6) is 0 Å². The van der Waals surface area contributed by atoms with E-state index in [9.17, 15) is 0 Å². The van der Waals surface area contributed by atoms with E-state index in [0.29, 0.717) is 11.6 Å². The molecule has 1 rings (SSSR count). The molecule has 0 unspecified atom stereocenters. The SMILES string of the molecule is C=Nn1c(/C=C\C)nc(N)c1C.NC=O. The van der Waals surface area contributed by atoms with Crippen LogP contribution in [0.15, 0.2) is 11.2 Å². The van der Waals surface area contributed by atoms with Crippen molar-refractivity contribution in [3.63, 3.8) is 0 Å². The maximum Gasteiger partial charge on any atom is 0.204 e. The molecule has 1 heterocycles. The highest BCUT2D eigenvalue weighted by Gasteiger charge is 2.06. The summed E-state index contributed by atoms with van der Waals surface area (Å²) in [6.07, 6.45) is 3.96. The third kappa shape index (κ3) is 3.26. The van der Waals surface area contributed by atoms with E-state index in [4.69, 9.17) is 10.5 Å². The van der Waals surface area contributed by atoms with Crippen molar-refractivity contribution in [2.45, 2.75) is 13.8 Å². The van der Waals surface area contributed by atoms with Gasteiger partial charge in [0.1, 0.15) is 5.82 Å². The van der Waals surface area contributed by atoms with Gasteiger partial charge in [-0.25, -0.2) is 9.66 Å². The number of hydrogen-bond donors (Lipinski definition) is 2. The zero-order chi connectivity index (χ0) is 11.8. The van der Waals surface area contributed by atoms with Gasteiger partial charge in [-0.15, -0.1) is 0 Å². The van der Waals surface area contributed by atoms with Crippen LogP contribution >= 0.6 is 0 Å². The maximum absolute atomic E-state index is 8.58. The van der Waals surface area contributed by atoms with E-state index in [1.165, 1.54) is 0 Å². The van der Waals surface area contributed by atoms with Crippen molar-refractivity contribution in [1.82, 2.24) is 9.66 Å². The monoisotopic (exact) mass is 209 g/mol. The number of allylic oxidation sites excluding steroid dienone is 1. The number of imidazole rings is 1. The predicted molar refractivity (Wildman–Crippen MR) is 61.3 cm³/mol. The zero-order valence-electron chi connectivity index (χ0n) is 8.84. The minimum absolute atomic E-state index is 0.250. The average molecular weight is 209 g/mol. The lowest BCUT2D eigenvalue weighted by molar-refractivity contribution is -0.106. The van der Waals surface area contributed by atoms with Gasteiger partial charge >= 0.3 is 0 Å². The molecule has 0 aliphatic heterocycles. The van der Waals surface area contributed by atoms with Crippen LogP contribution in [0, 0.1) is 6.92 Å². The van der Waals surface area contributed by atoms with Crippen molar-refractivity contribution < 1.29 is 4.79 Å². The van der Waals surface area contributed by atoms with Gasteiger partial charge < -0.3 is 11.5 Å². The van der Waals surface area contributed by atoms with Crippen LogP contribution < -0.4 is 11.5 Å². The normalized spacial score (nSPS) is 9.47. The third-order valence-electron chi connectivity index (χ3n) is 1.60. The number of aromatic nitrogens is 2. The Morgan fingerprint density at radius 2 is 2.13 bits per heavy atom. The standard InChI is InChI=1S/C8H12N4.CH3NO/c1-4-5-7-11-8(9)6(2)12(7)10-3;2-1-3/h4-5H,3,9H2,1-2H3;1H,(H2,2,3)/b5-4-;. The summed E-state index contributed by atoms with van der Waals surface area (Å²) in [5.41, 5.74) is 10.6. The number of nitrogen functional groups attached to an aromatic ring is 1. The fourth-order valence-corrected chi connectivity index (χ4v) is 0.967. The molecule has 0 atom stereocenters. The molecule has 1 amide bonds. The molecule has 0 aliphatic carbocycles. The zero-order valence-corrected chi connectivity index (χ0v) is 8.84. The number of anilines is 1. The number of nitrogens with two attached hydrogens (primary N) is 2. The molecule has 1 aromatic heterocycles. The van der Waals surface area contributed by atoms with Crippen LogP contribution in [-0.4, -0.2) is 22.8 Å². The second-order valence-electron chi connectivity index (χ2n) is 2.53. The summed E-state index contributed by atoms with van der Waals surface area (Å²) >= 11 is 0. The lowest BCUT2D eigenvalue weighted by atomic mass is 10.5. The largest absolute Gasteiger partial charge is 0.382 e. The Morgan fingerprint density at radius 3 is 2.53 bits per heavy atom. The Bertz CT molecular complexity index is 367. The molecule has 0 radical (unpaired) electrons. The highest BCUT2D eigenvalue weighted by Crippen LogP contribution is 2.13. The Balaban J connectivity index is 0.000000583. The maximum atomic E-state index is 8.58. The van der Waals surface area contributed by atoms with Gasteiger partial charge in [0.15, 0.2) is 5.82 Å². The number of carbonyl (C=O) groups excluding carboxylic acids is 1. The van der Waals surface area contributed by atoms with Crippen molar-refractivity contribution in [2.75, 3.05) is 5.73 Å². The second kappa shape index (κ2) is 6.36. The quantitative estimate of drug-likeness (QED) is 0.543. The molecule has 0 aromatic carbocycles. The summed E-state index contributed by atoms with van der Waals surface area (Å²) in [5.74, 6) is 1.21. The first kappa shape index (κ1) is 12.9. The molecule has 15 heavy (non-hydrogen) atoms. The van der Waals surface area contributed by atoms with Gasteiger partial charge in [0.2, 0.25) is 6.41 Å². The highest BCUT2D eigenvalue weighted by molar-refractivity contribution is 5.49.